The Labute approximate surface area is 140 Å². The lowest BCUT2D eigenvalue weighted by molar-refractivity contribution is 0.361. The number of nitriles is 1. The summed E-state index contributed by atoms with van der Waals surface area (Å²) in [7, 11) is 0. The maximum Gasteiger partial charge on any atom is 0.183 e. The smallest absolute Gasteiger partial charge is 0.183 e. The zero-order valence-corrected chi connectivity index (χ0v) is 14.2. The maximum absolute atomic E-state index is 9.22. The van der Waals surface area contributed by atoms with E-state index >= 15 is 0 Å². The molecule has 120 valence electrons. The number of nitrogens with one attached hydrogen (secondary N) is 2. The standard InChI is InChI=1S/C16H20N6S/c1-10-3-5-12(6-4-10)19-14-9-18-13(8-17)16(20-14)21-15-7-11(2)22-23-15/h7,9-10,12H,3-6H2,1-2H3,(H2,19,20,21). The lowest BCUT2D eigenvalue weighted by Gasteiger charge is -2.27. The number of aryl methyl sites for hydroxylation is 1. The van der Waals surface area contributed by atoms with Gasteiger partial charge in [0, 0.05) is 6.04 Å². The summed E-state index contributed by atoms with van der Waals surface area (Å²) in [6, 6.07) is 4.44. The van der Waals surface area contributed by atoms with E-state index in [2.05, 4.69) is 38.0 Å². The van der Waals surface area contributed by atoms with Crippen molar-refractivity contribution in [2.75, 3.05) is 10.6 Å². The van der Waals surface area contributed by atoms with E-state index in [-0.39, 0.29) is 0 Å². The minimum absolute atomic E-state index is 0.291. The van der Waals surface area contributed by atoms with Gasteiger partial charge < -0.3 is 10.6 Å². The topological polar surface area (TPSA) is 86.5 Å². The van der Waals surface area contributed by atoms with Crippen LogP contribution in [0.1, 0.15) is 44.0 Å². The Morgan fingerprint density at radius 1 is 1.30 bits per heavy atom. The van der Waals surface area contributed by atoms with E-state index in [0.717, 1.165) is 29.5 Å². The number of aromatic nitrogens is 3. The van der Waals surface area contributed by atoms with Crippen LogP contribution >= 0.6 is 11.5 Å². The molecule has 0 atom stereocenters. The summed E-state index contributed by atoms with van der Waals surface area (Å²) in [6.45, 7) is 4.23. The first-order valence-electron chi connectivity index (χ1n) is 7.88. The van der Waals surface area contributed by atoms with Gasteiger partial charge in [-0.05, 0) is 56.1 Å². The van der Waals surface area contributed by atoms with Gasteiger partial charge in [0.1, 0.15) is 16.9 Å². The molecule has 0 aliphatic heterocycles. The first-order valence-corrected chi connectivity index (χ1v) is 8.65. The van der Waals surface area contributed by atoms with Crippen LogP contribution < -0.4 is 10.6 Å². The monoisotopic (exact) mass is 328 g/mol. The van der Waals surface area contributed by atoms with Gasteiger partial charge in [0.25, 0.3) is 0 Å². The summed E-state index contributed by atoms with van der Waals surface area (Å²) in [4.78, 5) is 8.75. The Kier molecular flexibility index (Phi) is 4.72. The van der Waals surface area contributed by atoms with Crippen LogP contribution in [-0.2, 0) is 0 Å². The molecule has 2 aromatic rings. The molecule has 7 heteroatoms. The zero-order valence-electron chi connectivity index (χ0n) is 13.3. The molecule has 6 nitrogen and oxygen atoms in total. The summed E-state index contributed by atoms with van der Waals surface area (Å²) < 4.78 is 4.22. The number of hydrogen-bond donors (Lipinski definition) is 2. The van der Waals surface area contributed by atoms with Crippen LogP contribution in [-0.4, -0.2) is 20.4 Å². The molecular weight excluding hydrogens is 308 g/mol. The van der Waals surface area contributed by atoms with E-state index in [9.17, 15) is 5.26 Å². The molecule has 1 aliphatic carbocycles. The molecule has 0 aromatic carbocycles. The minimum Gasteiger partial charge on any atom is -0.366 e. The Bertz CT molecular complexity index is 712. The summed E-state index contributed by atoms with van der Waals surface area (Å²) >= 11 is 1.35. The van der Waals surface area contributed by atoms with Crippen molar-refractivity contribution < 1.29 is 0 Å². The Morgan fingerprint density at radius 2 is 2.09 bits per heavy atom. The molecule has 0 saturated heterocycles. The number of nitrogens with zero attached hydrogens (tertiary/aromatic N) is 4. The van der Waals surface area contributed by atoms with E-state index < -0.39 is 0 Å². The van der Waals surface area contributed by atoms with Gasteiger partial charge in [-0.3, -0.25) is 0 Å². The second kappa shape index (κ2) is 6.92. The summed E-state index contributed by atoms with van der Waals surface area (Å²) in [5.41, 5.74) is 1.23. The molecule has 2 aromatic heterocycles. The van der Waals surface area contributed by atoms with E-state index in [1.54, 1.807) is 6.20 Å². The Balaban J connectivity index is 1.74. The predicted molar refractivity (Wildman–Crippen MR) is 91.9 cm³/mol. The molecule has 23 heavy (non-hydrogen) atoms. The van der Waals surface area contributed by atoms with Gasteiger partial charge >= 0.3 is 0 Å². The third-order valence-electron chi connectivity index (χ3n) is 4.12. The molecule has 0 radical (unpaired) electrons. The predicted octanol–water partition coefficient (Wildman–Crippen LogP) is 3.85. The number of rotatable bonds is 4. The van der Waals surface area contributed by atoms with Gasteiger partial charge in [-0.2, -0.15) is 9.64 Å². The molecule has 0 spiro atoms. The second-order valence-corrected chi connectivity index (χ2v) is 6.93. The quantitative estimate of drug-likeness (QED) is 0.886. The first kappa shape index (κ1) is 15.7. The van der Waals surface area contributed by atoms with Crippen LogP contribution in [0.4, 0.5) is 16.6 Å². The van der Waals surface area contributed by atoms with Crippen LogP contribution in [0.3, 0.4) is 0 Å². The fourth-order valence-electron chi connectivity index (χ4n) is 2.78. The molecule has 3 rings (SSSR count). The van der Waals surface area contributed by atoms with Crippen molar-refractivity contribution in [2.45, 2.75) is 45.6 Å². The molecule has 2 N–H and O–H groups in total. The van der Waals surface area contributed by atoms with Gasteiger partial charge in [0.05, 0.1) is 11.9 Å². The van der Waals surface area contributed by atoms with E-state index in [1.807, 2.05) is 13.0 Å². The minimum atomic E-state index is 0.291. The van der Waals surface area contributed by atoms with Gasteiger partial charge in [-0.1, -0.05) is 6.92 Å². The Hall–Kier alpha value is -2.20. The van der Waals surface area contributed by atoms with Crippen molar-refractivity contribution in [3.8, 4) is 6.07 Å². The van der Waals surface area contributed by atoms with Crippen molar-refractivity contribution >= 4 is 28.2 Å². The normalized spacial score (nSPS) is 20.7. The lowest BCUT2D eigenvalue weighted by atomic mass is 9.87. The molecule has 1 fully saturated rings. The highest BCUT2D eigenvalue weighted by molar-refractivity contribution is 7.10. The SMILES string of the molecule is Cc1cc(Nc2nc(NC3CCC(C)CC3)cnc2C#N)sn1. The van der Waals surface area contributed by atoms with Crippen molar-refractivity contribution in [2.24, 2.45) is 5.92 Å². The summed E-state index contributed by atoms with van der Waals surface area (Å²) in [5.74, 6) is 2.00. The summed E-state index contributed by atoms with van der Waals surface area (Å²) in [6.07, 6.45) is 6.43. The van der Waals surface area contributed by atoms with Crippen LogP contribution in [0.2, 0.25) is 0 Å². The largest absolute Gasteiger partial charge is 0.366 e. The third-order valence-corrected chi connectivity index (χ3v) is 4.91. The van der Waals surface area contributed by atoms with Crippen molar-refractivity contribution in [1.82, 2.24) is 14.3 Å². The maximum atomic E-state index is 9.22. The average Bonchev–Trinajstić information content (AvgIpc) is 2.95. The van der Waals surface area contributed by atoms with Crippen LogP contribution in [0, 0.1) is 24.2 Å². The summed E-state index contributed by atoms with van der Waals surface area (Å²) in [5, 5.41) is 16.7. The van der Waals surface area contributed by atoms with Gasteiger partial charge in [-0.15, -0.1) is 0 Å². The fourth-order valence-corrected chi connectivity index (χ4v) is 3.44. The first-order chi connectivity index (χ1) is 11.1. The fraction of sp³-hybridized carbons (Fsp3) is 0.500. The lowest BCUT2D eigenvalue weighted by Crippen LogP contribution is -2.25. The highest BCUT2D eigenvalue weighted by Gasteiger charge is 2.19. The van der Waals surface area contributed by atoms with Crippen LogP contribution in [0.15, 0.2) is 12.3 Å². The van der Waals surface area contributed by atoms with E-state index in [1.165, 1.54) is 24.4 Å². The van der Waals surface area contributed by atoms with Crippen molar-refractivity contribution in [1.29, 1.82) is 5.26 Å². The van der Waals surface area contributed by atoms with Gasteiger partial charge in [-0.25, -0.2) is 9.97 Å². The highest BCUT2D eigenvalue weighted by atomic mass is 32.1. The van der Waals surface area contributed by atoms with Crippen molar-refractivity contribution in [3.63, 3.8) is 0 Å². The van der Waals surface area contributed by atoms with Gasteiger partial charge in [0.2, 0.25) is 0 Å². The van der Waals surface area contributed by atoms with Gasteiger partial charge in [0.15, 0.2) is 11.5 Å². The Morgan fingerprint density at radius 3 is 2.74 bits per heavy atom. The molecule has 0 amide bonds. The molecule has 1 saturated carbocycles. The molecule has 2 heterocycles. The van der Waals surface area contributed by atoms with E-state index in [4.69, 9.17) is 0 Å². The number of anilines is 3. The van der Waals surface area contributed by atoms with E-state index in [0.29, 0.717) is 23.4 Å². The molecule has 0 unspecified atom stereocenters. The zero-order chi connectivity index (χ0) is 16.2. The third kappa shape index (κ3) is 3.96. The molecule has 0 bridgehead atoms. The van der Waals surface area contributed by atoms with Crippen molar-refractivity contribution in [3.05, 3.63) is 23.7 Å². The highest BCUT2D eigenvalue weighted by Crippen LogP contribution is 2.27. The molecular formula is C16H20N6S. The number of hydrogen-bond acceptors (Lipinski definition) is 7. The van der Waals surface area contributed by atoms with Crippen LogP contribution in [0.5, 0.6) is 0 Å². The average molecular weight is 328 g/mol. The van der Waals surface area contributed by atoms with Crippen LogP contribution in [0.25, 0.3) is 0 Å². The molecule has 1 aliphatic rings. The second-order valence-electron chi connectivity index (χ2n) is 6.12.